The molecular formula is C21H28N4O4. The number of carbonyl (C=O) groups is 3. The van der Waals surface area contributed by atoms with Crippen LogP contribution in [0.25, 0.3) is 0 Å². The second-order valence-electron chi connectivity index (χ2n) is 8.42. The number of hydrogen-bond donors (Lipinski definition) is 3. The number of amides is 4. The van der Waals surface area contributed by atoms with Crippen LogP contribution in [0.1, 0.15) is 57.8 Å². The molecule has 0 aromatic carbocycles. The SMILES string of the molecule is O=C1NC(=O)C2(CCC(C(=O)Nc3ncccc3OCC3CCCCC3)CC2)N1. The Morgan fingerprint density at radius 2 is 1.93 bits per heavy atom. The molecule has 0 radical (unpaired) electrons. The van der Waals surface area contributed by atoms with E-state index in [-0.39, 0.29) is 17.7 Å². The van der Waals surface area contributed by atoms with Crippen LogP contribution in [0.5, 0.6) is 5.75 Å². The third-order valence-corrected chi connectivity index (χ3v) is 6.44. The van der Waals surface area contributed by atoms with E-state index in [1.807, 2.05) is 6.07 Å². The molecule has 1 aromatic rings. The average Bonchev–Trinajstić information content (AvgIpc) is 3.01. The highest BCUT2D eigenvalue weighted by atomic mass is 16.5. The normalized spacial score (nSPS) is 27.4. The number of urea groups is 1. The molecule has 3 fully saturated rings. The topological polar surface area (TPSA) is 109 Å². The van der Waals surface area contributed by atoms with Crippen molar-refractivity contribution in [2.75, 3.05) is 11.9 Å². The van der Waals surface area contributed by atoms with Gasteiger partial charge in [-0.3, -0.25) is 14.9 Å². The van der Waals surface area contributed by atoms with Crippen LogP contribution in [-0.4, -0.2) is 35.0 Å². The summed E-state index contributed by atoms with van der Waals surface area (Å²) in [6.45, 7) is 0.648. The summed E-state index contributed by atoms with van der Waals surface area (Å²) < 4.78 is 5.99. The van der Waals surface area contributed by atoms with Crippen molar-refractivity contribution in [2.45, 2.75) is 63.3 Å². The van der Waals surface area contributed by atoms with E-state index in [2.05, 4.69) is 20.9 Å². The molecule has 1 aromatic heterocycles. The molecule has 8 heteroatoms. The van der Waals surface area contributed by atoms with Crippen LogP contribution >= 0.6 is 0 Å². The first kappa shape index (κ1) is 19.7. The summed E-state index contributed by atoms with van der Waals surface area (Å²) in [4.78, 5) is 40.6. The molecule has 2 heterocycles. The van der Waals surface area contributed by atoms with E-state index in [0.717, 1.165) is 0 Å². The number of carbonyl (C=O) groups excluding carboxylic acids is 3. The van der Waals surface area contributed by atoms with E-state index < -0.39 is 11.6 Å². The van der Waals surface area contributed by atoms with Crippen molar-refractivity contribution >= 4 is 23.7 Å². The molecule has 0 unspecified atom stereocenters. The van der Waals surface area contributed by atoms with Crippen LogP contribution in [0, 0.1) is 11.8 Å². The van der Waals surface area contributed by atoms with Crippen molar-refractivity contribution in [2.24, 2.45) is 11.8 Å². The van der Waals surface area contributed by atoms with Crippen LogP contribution in [0.3, 0.4) is 0 Å². The Kier molecular flexibility index (Phi) is 5.69. The van der Waals surface area contributed by atoms with Gasteiger partial charge in [-0.2, -0.15) is 0 Å². The van der Waals surface area contributed by atoms with Gasteiger partial charge in [-0.1, -0.05) is 19.3 Å². The Balaban J connectivity index is 1.33. The van der Waals surface area contributed by atoms with Gasteiger partial charge in [0.2, 0.25) is 5.91 Å². The van der Waals surface area contributed by atoms with E-state index in [9.17, 15) is 14.4 Å². The largest absolute Gasteiger partial charge is 0.489 e. The second-order valence-corrected chi connectivity index (χ2v) is 8.42. The van der Waals surface area contributed by atoms with Gasteiger partial charge in [-0.05, 0) is 56.6 Å². The summed E-state index contributed by atoms with van der Waals surface area (Å²) in [5.74, 6) is 0.978. The molecule has 3 N–H and O–H groups in total. The Bertz CT molecular complexity index is 783. The van der Waals surface area contributed by atoms with Crippen molar-refractivity contribution in [3.8, 4) is 5.75 Å². The molecule has 1 spiro atoms. The molecule has 2 aliphatic carbocycles. The van der Waals surface area contributed by atoms with Crippen molar-refractivity contribution in [3.05, 3.63) is 18.3 Å². The summed E-state index contributed by atoms with van der Waals surface area (Å²) in [5, 5.41) is 7.92. The monoisotopic (exact) mass is 400 g/mol. The molecule has 0 atom stereocenters. The lowest BCUT2D eigenvalue weighted by Gasteiger charge is -2.33. The third-order valence-electron chi connectivity index (χ3n) is 6.44. The Morgan fingerprint density at radius 1 is 1.17 bits per heavy atom. The highest BCUT2D eigenvalue weighted by molar-refractivity contribution is 6.07. The summed E-state index contributed by atoms with van der Waals surface area (Å²) in [6, 6.07) is 3.18. The molecule has 29 heavy (non-hydrogen) atoms. The maximum Gasteiger partial charge on any atom is 0.322 e. The average molecular weight is 400 g/mol. The highest BCUT2D eigenvalue weighted by Gasteiger charge is 2.48. The van der Waals surface area contributed by atoms with Crippen LogP contribution in [0.4, 0.5) is 10.6 Å². The van der Waals surface area contributed by atoms with Crippen LogP contribution in [0.2, 0.25) is 0 Å². The number of hydrogen-bond acceptors (Lipinski definition) is 5. The zero-order valence-electron chi connectivity index (χ0n) is 16.5. The Labute approximate surface area is 170 Å². The van der Waals surface area contributed by atoms with Gasteiger partial charge < -0.3 is 15.4 Å². The smallest absolute Gasteiger partial charge is 0.322 e. The van der Waals surface area contributed by atoms with Crippen LogP contribution in [0.15, 0.2) is 18.3 Å². The van der Waals surface area contributed by atoms with Gasteiger partial charge in [0.1, 0.15) is 5.54 Å². The quantitative estimate of drug-likeness (QED) is 0.659. The number of rotatable bonds is 5. The van der Waals surface area contributed by atoms with Crippen LogP contribution < -0.4 is 20.7 Å². The number of ether oxygens (including phenoxy) is 1. The van der Waals surface area contributed by atoms with Crippen LogP contribution in [-0.2, 0) is 9.59 Å². The minimum Gasteiger partial charge on any atom is -0.489 e. The number of nitrogens with one attached hydrogen (secondary N) is 3. The molecule has 0 bridgehead atoms. The summed E-state index contributed by atoms with van der Waals surface area (Å²) in [6.07, 6.45) is 9.81. The van der Waals surface area contributed by atoms with Crippen molar-refractivity contribution in [1.29, 1.82) is 0 Å². The molecule has 1 aliphatic heterocycles. The number of pyridine rings is 1. The summed E-state index contributed by atoms with van der Waals surface area (Å²) >= 11 is 0. The lowest BCUT2D eigenvalue weighted by atomic mass is 9.76. The fraction of sp³-hybridized carbons (Fsp3) is 0.619. The molecular weight excluding hydrogens is 372 g/mol. The molecule has 4 rings (SSSR count). The minimum absolute atomic E-state index is 0.120. The summed E-state index contributed by atoms with van der Waals surface area (Å²) in [5.41, 5.74) is -0.854. The highest BCUT2D eigenvalue weighted by Crippen LogP contribution is 2.35. The van der Waals surface area contributed by atoms with Crippen molar-refractivity contribution in [3.63, 3.8) is 0 Å². The molecule has 2 saturated carbocycles. The molecule has 156 valence electrons. The molecule has 8 nitrogen and oxygen atoms in total. The van der Waals surface area contributed by atoms with Crippen molar-refractivity contribution in [1.82, 2.24) is 15.6 Å². The van der Waals surface area contributed by atoms with E-state index in [4.69, 9.17) is 4.74 Å². The predicted molar refractivity (Wildman–Crippen MR) is 106 cm³/mol. The zero-order valence-corrected chi connectivity index (χ0v) is 16.5. The van der Waals surface area contributed by atoms with E-state index in [1.54, 1.807) is 12.3 Å². The maximum absolute atomic E-state index is 12.8. The standard InChI is InChI=1S/C21H28N4O4/c26-18(15-8-10-21(11-9-15)19(27)24-20(28)25-21)23-17-16(7-4-12-22-17)29-13-14-5-2-1-3-6-14/h4,7,12,14-15H,1-3,5-6,8-11,13H2,(H,22,23,26)(H2,24,25,27,28). The number of nitrogens with zero attached hydrogens (tertiary/aromatic N) is 1. The van der Waals surface area contributed by atoms with Gasteiger partial charge in [0.15, 0.2) is 11.6 Å². The lowest BCUT2D eigenvalue weighted by molar-refractivity contribution is -0.128. The summed E-state index contributed by atoms with van der Waals surface area (Å²) in [7, 11) is 0. The van der Waals surface area contributed by atoms with Gasteiger partial charge in [-0.15, -0.1) is 0 Å². The molecule has 3 aliphatic rings. The molecule has 1 saturated heterocycles. The second kappa shape index (κ2) is 8.39. The van der Waals surface area contributed by atoms with Crippen molar-refractivity contribution < 1.29 is 19.1 Å². The van der Waals surface area contributed by atoms with E-state index >= 15 is 0 Å². The number of anilines is 1. The third kappa shape index (κ3) is 4.36. The van der Waals surface area contributed by atoms with Gasteiger partial charge in [0, 0.05) is 12.1 Å². The van der Waals surface area contributed by atoms with Gasteiger partial charge in [0.25, 0.3) is 5.91 Å². The Hall–Kier alpha value is -2.64. The van der Waals surface area contributed by atoms with Gasteiger partial charge in [0.05, 0.1) is 6.61 Å². The maximum atomic E-state index is 12.8. The van der Waals surface area contributed by atoms with E-state index in [1.165, 1.54) is 32.1 Å². The number of aromatic nitrogens is 1. The molecule has 4 amide bonds. The van der Waals surface area contributed by atoms with E-state index in [0.29, 0.717) is 49.8 Å². The fourth-order valence-corrected chi connectivity index (χ4v) is 4.63. The fourth-order valence-electron chi connectivity index (χ4n) is 4.63. The lowest BCUT2D eigenvalue weighted by Crippen LogP contribution is -2.50. The van der Waals surface area contributed by atoms with Gasteiger partial charge in [-0.25, -0.2) is 9.78 Å². The first-order chi connectivity index (χ1) is 14.1. The number of imide groups is 1. The Morgan fingerprint density at radius 3 is 2.62 bits per heavy atom. The first-order valence-electron chi connectivity index (χ1n) is 10.6. The minimum atomic E-state index is -0.854. The van der Waals surface area contributed by atoms with Gasteiger partial charge >= 0.3 is 6.03 Å². The zero-order chi connectivity index (χ0) is 20.3. The first-order valence-corrected chi connectivity index (χ1v) is 10.6. The predicted octanol–water partition coefficient (Wildman–Crippen LogP) is 2.75.